The summed E-state index contributed by atoms with van der Waals surface area (Å²) in [6, 6.07) is 6.72. The van der Waals surface area contributed by atoms with Crippen molar-refractivity contribution in [3.63, 3.8) is 0 Å². The van der Waals surface area contributed by atoms with E-state index in [0.29, 0.717) is 0 Å². The minimum atomic E-state index is -1.27. The van der Waals surface area contributed by atoms with Crippen LogP contribution in [0.2, 0.25) is 0 Å². The first-order valence-corrected chi connectivity index (χ1v) is 11.3. The van der Waals surface area contributed by atoms with Crippen LogP contribution in [0, 0.1) is 5.92 Å². The van der Waals surface area contributed by atoms with E-state index in [9.17, 15) is 24.0 Å². The first-order chi connectivity index (χ1) is 16.3. The van der Waals surface area contributed by atoms with E-state index >= 15 is 0 Å². The summed E-state index contributed by atoms with van der Waals surface area (Å²) in [5.41, 5.74) is 0.0410. The molecule has 11 heteroatoms. The van der Waals surface area contributed by atoms with E-state index < -0.39 is 54.1 Å². The molecule has 11 nitrogen and oxygen atoms in total. The third kappa shape index (κ3) is 12.4. The van der Waals surface area contributed by atoms with Gasteiger partial charge in [-0.3, -0.25) is 19.2 Å². The molecule has 0 unspecified atom stereocenters. The molecule has 3 amide bonds. The van der Waals surface area contributed by atoms with Gasteiger partial charge in [-0.25, -0.2) is 4.79 Å². The number of nitrogens with one attached hydrogen (secondary N) is 3. The van der Waals surface area contributed by atoms with Gasteiger partial charge in [0.15, 0.2) is 0 Å². The van der Waals surface area contributed by atoms with Crippen molar-refractivity contribution in [2.45, 2.75) is 71.8 Å². The number of alkyl carbamates (subject to hydrolysis) is 1. The number of aliphatic carboxylic acids is 1. The van der Waals surface area contributed by atoms with Crippen molar-refractivity contribution < 1.29 is 38.6 Å². The standard InChI is InChI=1S/C24H35N3O8/c1-15(2)20(27-23(33)34-14-16-9-7-6-8-10-16)22(32)26-17(21(31)25-13-18(28)29)11-12-19(30)35-24(3,4)5/h6-10,15,17,20H,11-14H2,1-5H3,(H,25,31)(H,26,32)(H,27,33)(H,28,29)/t17-,20-/m0/s1. The third-order valence-electron chi connectivity index (χ3n) is 4.54. The van der Waals surface area contributed by atoms with Gasteiger partial charge >= 0.3 is 18.0 Å². The minimum Gasteiger partial charge on any atom is -0.480 e. The van der Waals surface area contributed by atoms with E-state index in [4.69, 9.17) is 14.6 Å². The van der Waals surface area contributed by atoms with Crippen LogP contribution < -0.4 is 16.0 Å². The molecule has 1 rings (SSSR count). The fraction of sp³-hybridized carbons (Fsp3) is 0.542. The molecule has 0 saturated carbocycles. The number of esters is 1. The predicted molar refractivity (Wildman–Crippen MR) is 126 cm³/mol. The Hall–Kier alpha value is -3.63. The molecule has 0 radical (unpaired) electrons. The quantitative estimate of drug-likeness (QED) is 0.320. The number of ether oxygens (including phenoxy) is 2. The molecule has 0 spiro atoms. The first kappa shape index (κ1) is 29.4. The molecule has 4 N–H and O–H groups in total. The van der Waals surface area contributed by atoms with Crippen LogP contribution in [0.1, 0.15) is 53.0 Å². The molecule has 0 bridgehead atoms. The van der Waals surface area contributed by atoms with Crippen molar-refractivity contribution in [2.75, 3.05) is 6.54 Å². The fourth-order valence-corrected chi connectivity index (χ4v) is 2.90. The monoisotopic (exact) mass is 493 g/mol. The van der Waals surface area contributed by atoms with Crippen molar-refractivity contribution in [2.24, 2.45) is 5.92 Å². The maximum atomic E-state index is 12.9. The number of hydrogen-bond donors (Lipinski definition) is 4. The minimum absolute atomic E-state index is 0.00914. The van der Waals surface area contributed by atoms with Gasteiger partial charge in [-0.15, -0.1) is 0 Å². The number of carbonyl (C=O) groups is 5. The smallest absolute Gasteiger partial charge is 0.408 e. The molecule has 1 aromatic rings. The summed E-state index contributed by atoms with van der Waals surface area (Å²) in [4.78, 5) is 60.6. The van der Waals surface area contributed by atoms with Crippen molar-refractivity contribution in [3.8, 4) is 0 Å². The van der Waals surface area contributed by atoms with Crippen LogP contribution in [0.3, 0.4) is 0 Å². The molecule has 0 saturated heterocycles. The van der Waals surface area contributed by atoms with Crippen LogP contribution in [0.5, 0.6) is 0 Å². The zero-order chi connectivity index (χ0) is 26.6. The highest BCUT2D eigenvalue weighted by Gasteiger charge is 2.30. The summed E-state index contributed by atoms with van der Waals surface area (Å²) in [5, 5.41) is 16.0. The van der Waals surface area contributed by atoms with E-state index in [2.05, 4.69) is 16.0 Å². The van der Waals surface area contributed by atoms with Crippen LogP contribution in [-0.2, 0) is 35.3 Å². The van der Waals surface area contributed by atoms with Gasteiger partial charge in [0.2, 0.25) is 11.8 Å². The van der Waals surface area contributed by atoms with E-state index in [1.54, 1.807) is 58.9 Å². The van der Waals surface area contributed by atoms with Gasteiger partial charge < -0.3 is 30.5 Å². The summed E-state index contributed by atoms with van der Waals surface area (Å²) < 4.78 is 10.4. The van der Waals surface area contributed by atoms with Crippen molar-refractivity contribution in [1.29, 1.82) is 0 Å². The van der Waals surface area contributed by atoms with Crippen molar-refractivity contribution in [3.05, 3.63) is 35.9 Å². The normalized spacial score (nSPS) is 12.7. The number of carboxylic acids is 1. The Morgan fingerprint density at radius 2 is 1.60 bits per heavy atom. The molecule has 0 aliphatic rings. The van der Waals surface area contributed by atoms with Gasteiger partial charge in [-0.1, -0.05) is 44.2 Å². The highest BCUT2D eigenvalue weighted by atomic mass is 16.6. The molecule has 0 aromatic heterocycles. The molecule has 0 heterocycles. The van der Waals surface area contributed by atoms with Crippen LogP contribution in [0.15, 0.2) is 30.3 Å². The summed E-state index contributed by atoms with van der Waals surface area (Å²) in [6.45, 7) is 7.83. The third-order valence-corrected chi connectivity index (χ3v) is 4.54. The largest absolute Gasteiger partial charge is 0.480 e. The summed E-state index contributed by atoms with van der Waals surface area (Å²) in [7, 11) is 0. The molecule has 0 aliphatic carbocycles. The molecular weight excluding hydrogens is 458 g/mol. The highest BCUT2D eigenvalue weighted by Crippen LogP contribution is 2.11. The second-order valence-corrected chi connectivity index (χ2v) is 9.23. The first-order valence-electron chi connectivity index (χ1n) is 11.3. The SMILES string of the molecule is CC(C)[C@H](NC(=O)OCc1ccccc1)C(=O)N[C@@H](CCC(=O)OC(C)(C)C)C(=O)NCC(=O)O. The Morgan fingerprint density at radius 3 is 2.14 bits per heavy atom. The Morgan fingerprint density at radius 1 is 0.971 bits per heavy atom. The summed E-state index contributed by atoms with van der Waals surface area (Å²) in [6.07, 6.45) is -1.14. The van der Waals surface area contributed by atoms with Crippen LogP contribution >= 0.6 is 0 Å². The second-order valence-electron chi connectivity index (χ2n) is 9.23. The Balaban J connectivity index is 2.82. The van der Waals surface area contributed by atoms with Crippen molar-refractivity contribution >= 4 is 29.8 Å². The maximum Gasteiger partial charge on any atom is 0.408 e. The number of hydrogen-bond acceptors (Lipinski definition) is 7. The van der Waals surface area contributed by atoms with Crippen LogP contribution in [0.25, 0.3) is 0 Å². The lowest BCUT2D eigenvalue weighted by Crippen LogP contribution is -2.55. The molecule has 0 fully saturated rings. The molecule has 35 heavy (non-hydrogen) atoms. The molecule has 2 atom stereocenters. The van der Waals surface area contributed by atoms with Crippen LogP contribution in [0.4, 0.5) is 4.79 Å². The number of amides is 3. The van der Waals surface area contributed by atoms with Crippen LogP contribution in [-0.4, -0.2) is 59.2 Å². The Kier molecular flexibility index (Phi) is 11.7. The van der Waals surface area contributed by atoms with Gasteiger partial charge in [0, 0.05) is 6.42 Å². The Bertz CT molecular complexity index is 881. The number of rotatable bonds is 12. The fourth-order valence-electron chi connectivity index (χ4n) is 2.90. The van der Waals surface area contributed by atoms with Crippen molar-refractivity contribution in [1.82, 2.24) is 16.0 Å². The second kappa shape index (κ2) is 13.9. The lowest BCUT2D eigenvalue weighted by Gasteiger charge is -2.25. The number of carbonyl (C=O) groups excluding carboxylic acids is 4. The molecular formula is C24H35N3O8. The van der Waals surface area contributed by atoms with E-state index in [0.717, 1.165) is 5.56 Å². The molecule has 0 aliphatic heterocycles. The highest BCUT2D eigenvalue weighted by molar-refractivity contribution is 5.92. The lowest BCUT2D eigenvalue weighted by molar-refractivity contribution is -0.155. The maximum absolute atomic E-state index is 12.9. The van der Waals surface area contributed by atoms with Gasteiger partial charge in [-0.05, 0) is 38.7 Å². The number of benzene rings is 1. The number of carboxylic acid groups (broad SMARTS) is 1. The van der Waals surface area contributed by atoms with Gasteiger partial charge in [0.1, 0.15) is 30.8 Å². The zero-order valence-electron chi connectivity index (χ0n) is 20.8. The molecule has 194 valence electrons. The Labute approximate surface area is 204 Å². The zero-order valence-corrected chi connectivity index (χ0v) is 20.8. The van der Waals surface area contributed by atoms with E-state index in [1.807, 2.05) is 6.07 Å². The molecule has 1 aromatic carbocycles. The lowest BCUT2D eigenvalue weighted by atomic mass is 10.0. The van der Waals surface area contributed by atoms with Gasteiger partial charge in [-0.2, -0.15) is 0 Å². The average Bonchev–Trinajstić information content (AvgIpc) is 2.76. The summed E-state index contributed by atoms with van der Waals surface area (Å²) >= 11 is 0. The van der Waals surface area contributed by atoms with Gasteiger partial charge in [0.25, 0.3) is 0 Å². The van der Waals surface area contributed by atoms with Gasteiger partial charge in [0.05, 0.1) is 0 Å². The predicted octanol–water partition coefficient (Wildman–Crippen LogP) is 1.74. The van der Waals surface area contributed by atoms with E-state index in [1.165, 1.54) is 0 Å². The topological polar surface area (TPSA) is 160 Å². The van der Waals surface area contributed by atoms with E-state index in [-0.39, 0.29) is 25.4 Å². The average molecular weight is 494 g/mol. The summed E-state index contributed by atoms with van der Waals surface area (Å²) in [5.74, 6) is -3.67.